The van der Waals surface area contributed by atoms with Crippen molar-refractivity contribution < 1.29 is 14.3 Å². The predicted molar refractivity (Wildman–Crippen MR) is 116 cm³/mol. The molecule has 0 saturated carbocycles. The van der Waals surface area contributed by atoms with Crippen LogP contribution in [0.15, 0.2) is 29.8 Å². The number of pyridine rings is 1. The quantitative estimate of drug-likeness (QED) is 0.631. The van der Waals surface area contributed by atoms with Crippen LogP contribution in [0.3, 0.4) is 0 Å². The van der Waals surface area contributed by atoms with Gasteiger partial charge < -0.3 is 14.4 Å². The third-order valence-corrected chi connectivity index (χ3v) is 6.81. The zero-order chi connectivity index (χ0) is 20.7. The second-order valence-electron chi connectivity index (χ2n) is 8.19. The second kappa shape index (κ2) is 8.09. The highest BCUT2D eigenvalue weighted by Crippen LogP contribution is 2.31. The van der Waals surface area contributed by atoms with Gasteiger partial charge in [0.25, 0.3) is 5.91 Å². The van der Waals surface area contributed by atoms with Gasteiger partial charge in [0.15, 0.2) is 11.9 Å². The summed E-state index contributed by atoms with van der Waals surface area (Å²) in [5.74, 6) is 0.412. The molecule has 5 heterocycles. The summed E-state index contributed by atoms with van der Waals surface area (Å²) in [5, 5.41) is 7.37. The Morgan fingerprint density at radius 1 is 1.23 bits per heavy atom. The van der Waals surface area contributed by atoms with Crippen molar-refractivity contribution in [1.29, 1.82) is 0 Å². The topological polar surface area (TPSA) is 69.5 Å². The average molecular weight is 427 g/mol. The lowest BCUT2D eigenvalue weighted by molar-refractivity contribution is -0.0956. The van der Waals surface area contributed by atoms with Gasteiger partial charge in [0.05, 0.1) is 40.9 Å². The van der Waals surface area contributed by atoms with Crippen molar-refractivity contribution >= 4 is 28.3 Å². The van der Waals surface area contributed by atoms with Crippen molar-refractivity contribution in [3.63, 3.8) is 0 Å². The molecule has 2 aliphatic rings. The van der Waals surface area contributed by atoms with Crippen LogP contribution in [0.5, 0.6) is 0 Å². The van der Waals surface area contributed by atoms with Gasteiger partial charge in [0.2, 0.25) is 0 Å². The summed E-state index contributed by atoms with van der Waals surface area (Å²) in [6.07, 6.45) is 3.46. The van der Waals surface area contributed by atoms with Gasteiger partial charge >= 0.3 is 0 Å². The Morgan fingerprint density at radius 2 is 2.00 bits per heavy atom. The number of nitrogens with zero attached hydrogens (tertiary/aromatic N) is 4. The van der Waals surface area contributed by atoms with Crippen molar-refractivity contribution in [1.82, 2.24) is 19.7 Å². The number of piperidine rings is 1. The molecule has 158 valence electrons. The molecule has 1 amide bonds. The van der Waals surface area contributed by atoms with Gasteiger partial charge in [-0.05, 0) is 44.2 Å². The fourth-order valence-electron chi connectivity index (χ4n) is 4.32. The van der Waals surface area contributed by atoms with Crippen LogP contribution in [0.4, 0.5) is 0 Å². The number of hydrogen-bond acceptors (Lipinski definition) is 6. The summed E-state index contributed by atoms with van der Waals surface area (Å²) in [6.45, 7) is 6.91. The molecule has 2 aliphatic heterocycles. The van der Waals surface area contributed by atoms with Crippen LogP contribution in [0.2, 0.25) is 0 Å². The minimum absolute atomic E-state index is 0.0511. The Balaban J connectivity index is 1.46. The van der Waals surface area contributed by atoms with E-state index in [0.717, 1.165) is 34.4 Å². The lowest BCUT2D eigenvalue weighted by atomic mass is 9.95. The van der Waals surface area contributed by atoms with E-state index in [9.17, 15) is 4.79 Å². The number of carbonyl (C=O) groups excluding carboxylic acids is 1. The van der Waals surface area contributed by atoms with E-state index >= 15 is 0 Å². The van der Waals surface area contributed by atoms with Crippen molar-refractivity contribution in [2.75, 3.05) is 26.3 Å². The fraction of sp³-hybridized carbons (Fsp3) is 0.500. The molecular formula is C22H26N4O3S. The molecule has 2 fully saturated rings. The normalized spacial score (nSPS) is 18.7. The lowest BCUT2D eigenvalue weighted by Gasteiger charge is -2.34. The number of ether oxygens (including phenoxy) is 2. The molecule has 0 spiro atoms. The number of rotatable bonds is 4. The molecule has 8 heteroatoms. The summed E-state index contributed by atoms with van der Waals surface area (Å²) in [5.41, 5.74) is 2.27. The zero-order valence-corrected chi connectivity index (χ0v) is 18.1. The highest BCUT2D eigenvalue weighted by molar-refractivity contribution is 7.13. The molecule has 2 saturated heterocycles. The van der Waals surface area contributed by atoms with Crippen LogP contribution in [0, 0.1) is 5.92 Å². The molecule has 5 rings (SSSR count). The summed E-state index contributed by atoms with van der Waals surface area (Å²) in [7, 11) is 0. The highest BCUT2D eigenvalue weighted by Gasteiger charge is 2.33. The summed E-state index contributed by atoms with van der Waals surface area (Å²) >= 11 is 1.63. The maximum absolute atomic E-state index is 13.5. The van der Waals surface area contributed by atoms with Gasteiger partial charge in [-0.15, -0.1) is 11.3 Å². The number of amides is 1. The Kier molecular flexibility index (Phi) is 5.30. The van der Waals surface area contributed by atoms with Crippen molar-refractivity contribution in [2.45, 2.75) is 39.0 Å². The third-order valence-electron chi connectivity index (χ3n) is 5.92. The number of carbonyl (C=O) groups is 1. The maximum Gasteiger partial charge on any atom is 0.254 e. The minimum atomic E-state index is -0.107. The van der Waals surface area contributed by atoms with Crippen LogP contribution in [-0.4, -0.2) is 58.2 Å². The molecule has 0 unspecified atom stereocenters. The van der Waals surface area contributed by atoms with Crippen LogP contribution in [0.25, 0.3) is 21.6 Å². The van der Waals surface area contributed by atoms with Crippen molar-refractivity contribution in [3.05, 3.63) is 35.3 Å². The van der Waals surface area contributed by atoms with E-state index in [0.29, 0.717) is 37.8 Å². The van der Waals surface area contributed by atoms with E-state index in [1.54, 1.807) is 17.5 Å². The van der Waals surface area contributed by atoms with Crippen LogP contribution < -0.4 is 0 Å². The molecule has 7 nitrogen and oxygen atoms in total. The Morgan fingerprint density at radius 3 is 2.67 bits per heavy atom. The highest BCUT2D eigenvalue weighted by atomic mass is 32.1. The van der Waals surface area contributed by atoms with E-state index in [4.69, 9.17) is 14.5 Å². The molecule has 0 bridgehead atoms. The first-order valence-corrected chi connectivity index (χ1v) is 11.4. The molecule has 0 aliphatic carbocycles. The molecular weight excluding hydrogens is 400 g/mol. The van der Waals surface area contributed by atoms with Gasteiger partial charge in [-0.1, -0.05) is 6.07 Å². The number of thiophene rings is 1. The van der Waals surface area contributed by atoms with E-state index < -0.39 is 0 Å². The zero-order valence-electron chi connectivity index (χ0n) is 17.3. The van der Waals surface area contributed by atoms with Gasteiger partial charge in [-0.25, -0.2) is 9.67 Å². The molecule has 0 aromatic carbocycles. The van der Waals surface area contributed by atoms with Gasteiger partial charge in [0.1, 0.15) is 0 Å². The number of aromatic nitrogens is 3. The molecule has 0 atom stereocenters. The Bertz CT molecular complexity index is 1030. The van der Waals surface area contributed by atoms with Gasteiger partial charge in [-0.2, -0.15) is 5.10 Å². The largest absolute Gasteiger partial charge is 0.350 e. The van der Waals surface area contributed by atoms with Crippen molar-refractivity contribution in [3.8, 4) is 10.6 Å². The number of hydrogen-bond donors (Lipinski definition) is 0. The molecule has 0 radical (unpaired) electrons. The molecule has 3 aromatic rings. The lowest BCUT2D eigenvalue weighted by Crippen LogP contribution is -2.41. The molecule has 0 N–H and O–H groups in total. The first-order chi connectivity index (χ1) is 14.6. The van der Waals surface area contributed by atoms with Gasteiger partial charge in [-0.3, -0.25) is 4.79 Å². The maximum atomic E-state index is 13.5. The van der Waals surface area contributed by atoms with E-state index in [1.807, 2.05) is 33.2 Å². The van der Waals surface area contributed by atoms with Crippen LogP contribution in [0.1, 0.15) is 43.1 Å². The number of fused-ring (bicyclic) bond motifs is 1. The third kappa shape index (κ3) is 3.53. The Hall–Kier alpha value is -2.29. The minimum Gasteiger partial charge on any atom is -0.350 e. The average Bonchev–Trinajstić information content (AvgIpc) is 3.54. The fourth-order valence-corrected chi connectivity index (χ4v) is 5.00. The van der Waals surface area contributed by atoms with Crippen molar-refractivity contribution in [2.24, 2.45) is 5.92 Å². The SMILES string of the molecule is CC(C)n1ncc2c(C(=O)N3CCC(C4OCCO4)CC3)cc(-c3cccs3)nc21. The summed E-state index contributed by atoms with van der Waals surface area (Å²) < 4.78 is 13.2. The van der Waals surface area contributed by atoms with Gasteiger partial charge in [0, 0.05) is 25.0 Å². The number of likely N-dealkylation sites (tertiary alicyclic amines) is 1. The van der Waals surface area contributed by atoms with Crippen LogP contribution >= 0.6 is 11.3 Å². The summed E-state index contributed by atoms with van der Waals surface area (Å²) in [4.78, 5) is 21.4. The first-order valence-electron chi connectivity index (χ1n) is 10.6. The first kappa shape index (κ1) is 19.7. The van der Waals surface area contributed by atoms with E-state index in [-0.39, 0.29) is 18.2 Å². The van der Waals surface area contributed by atoms with E-state index in [2.05, 4.69) is 18.9 Å². The van der Waals surface area contributed by atoms with E-state index in [1.165, 1.54) is 0 Å². The Labute approximate surface area is 179 Å². The standard InChI is InChI=1S/C22H26N4O3S/c1-14(2)26-20-17(13-23-26)16(12-18(24-20)19-4-3-11-30-19)21(27)25-7-5-15(6-8-25)22-28-9-10-29-22/h3-4,11-15,22H,5-10H2,1-2H3. The predicted octanol–water partition coefficient (Wildman–Crippen LogP) is 3.97. The monoisotopic (exact) mass is 426 g/mol. The summed E-state index contributed by atoms with van der Waals surface area (Å²) in [6, 6.07) is 6.14. The molecule has 3 aromatic heterocycles. The molecule has 30 heavy (non-hydrogen) atoms. The second-order valence-corrected chi connectivity index (χ2v) is 9.14. The van der Waals surface area contributed by atoms with Crippen LogP contribution in [-0.2, 0) is 9.47 Å². The smallest absolute Gasteiger partial charge is 0.254 e.